The van der Waals surface area contributed by atoms with Crippen molar-refractivity contribution in [3.63, 3.8) is 0 Å². The van der Waals surface area contributed by atoms with Gasteiger partial charge in [-0.25, -0.2) is 14.3 Å². The first-order chi connectivity index (χ1) is 16.9. The van der Waals surface area contributed by atoms with Crippen LogP contribution in [0.3, 0.4) is 0 Å². The van der Waals surface area contributed by atoms with Crippen molar-refractivity contribution in [1.29, 1.82) is 0 Å². The number of carboxylic acid groups (broad SMARTS) is 1. The molecular weight excluding hydrogens is 446 g/mol. The summed E-state index contributed by atoms with van der Waals surface area (Å²) in [5.41, 5.74) is 4.04. The Hall–Kier alpha value is -4.46. The van der Waals surface area contributed by atoms with Crippen LogP contribution in [0, 0.1) is 0 Å². The highest BCUT2D eigenvalue weighted by atomic mass is 16.5. The number of benzene rings is 2. The first-order valence-corrected chi connectivity index (χ1v) is 10.9. The van der Waals surface area contributed by atoms with E-state index in [1.54, 1.807) is 44.0 Å². The summed E-state index contributed by atoms with van der Waals surface area (Å²) in [6.45, 7) is 3.39. The molecule has 8 heteroatoms. The van der Waals surface area contributed by atoms with Gasteiger partial charge in [-0.3, -0.25) is 4.79 Å². The van der Waals surface area contributed by atoms with E-state index in [1.807, 2.05) is 61.5 Å². The third-order valence-electron chi connectivity index (χ3n) is 5.16. The predicted molar refractivity (Wildman–Crippen MR) is 134 cm³/mol. The van der Waals surface area contributed by atoms with Crippen LogP contribution < -0.4 is 9.47 Å². The summed E-state index contributed by atoms with van der Waals surface area (Å²) in [5.74, 6) is 0.406. The van der Waals surface area contributed by atoms with Crippen molar-refractivity contribution in [3.05, 3.63) is 83.7 Å². The molecule has 1 N–H and O–H groups in total. The lowest BCUT2D eigenvalue weighted by atomic mass is 10.1. The number of aromatic nitrogens is 3. The quantitative estimate of drug-likeness (QED) is 0.291. The van der Waals surface area contributed by atoms with Gasteiger partial charge in [0.05, 0.1) is 19.9 Å². The number of carbonyl (C=O) groups excluding carboxylic acids is 1. The van der Waals surface area contributed by atoms with Crippen molar-refractivity contribution in [1.82, 2.24) is 14.6 Å². The van der Waals surface area contributed by atoms with E-state index in [2.05, 4.69) is 10.1 Å². The van der Waals surface area contributed by atoms with Crippen LogP contribution in [-0.2, 0) is 4.79 Å². The minimum absolute atomic E-state index is 0.00578. The summed E-state index contributed by atoms with van der Waals surface area (Å²) in [6, 6.07) is 18.6. The highest BCUT2D eigenvalue weighted by Crippen LogP contribution is 2.32. The number of fused-ring (bicyclic) bond motifs is 1. The molecule has 2 heterocycles. The van der Waals surface area contributed by atoms with Gasteiger partial charge in [0, 0.05) is 29.8 Å². The van der Waals surface area contributed by atoms with E-state index in [0.29, 0.717) is 34.8 Å². The first kappa shape index (κ1) is 25.2. The topological polar surface area (TPSA) is 103 Å². The van der Waals surface area contributed by atoms with Crippen molar-refractivity contribution in [2.45, 2.75) is 20.3 Å². The fourth-order valence-corrected chi connectivity index (χ4v) is 3.29. The van der Waals surface area contributed by atoms with Gasteiger partial charge in [-0.1, -0.05) is 37.3 Å². The smallest absolute Gasteiger partial charge is 0.331 e. The highest BCUT2D eigenvalue weighted by Gasteiger charge is 2.14. The fraction of sp³-hybridized carbons (Fsp3) is 0.185. The second-order valence-electron chi connectivity index (χ2n) is 7.52. The Kier molecular flexibility index (Phi) is 8.34. The zero-order valence-electron chi connectivity index (χ0n) is 20.1. The Morgan fingerprint density at radius 2 is 1.71 bits per heavy atom. The summed E-state index contributed by atoms with van der Waals surface area (Å²) < 4.78 is 12.3. The molecule has 0 aliphatic carbocycles. The number of ether oxygens (including phenoxy) is 2. The maximum atomic E-state index is 11.9. The molecule has 2 aromatic heterocycles. The normalized spacial score (nSPS) is 10.9. The molecule has 0 unspecified atom stereocenters. The van der Waals surface area contributed by atoms with E-state index >= 15 is 0 Å². The molecule has 2 aromatic carbocycles. The molecule has 0 fully saturated rings. The van der Waals surface area contributed by atoms with Gasteiger partial charge in [0.25, 0.3) is 0 Å². The lowest BCUT2D eigenvalue weighted by Crippen LogP contribution is -2.00. The Bertz CT molecular complexity index is 1360. The van der Waals surface area contributed by atoms with E-state index < -0.39 is 5.97 Å². The van der Waals surface area contributed by atoms with E-state index in [9.17, 15) is 9.59 Å². The van der Waals surface area contributed by atoms with Crippen LogP contribution in [0.1, 0.15) is 36.3 Å². The zero-order chi connectivity index (χ0) is 25.4. The predicted octanol–water partition coefficient (Wildman–Crippen LogP) is 5.18. The molecular formula is C27H27N3O5. The monoisotopic (exact) mass is 473 g/mol. The molecule has 4 rings (SSSR count). The molecule has 8 nitrogen and oxygen atoms in total. The lowest BCUT2D eigenvalue weighted by molar-refractivity contribution is -0.132. The molecule has 0 amide bonds. The van der Waals surface area contributed by atoms with E-state index in [0.717, 1.165) is 16.8 Å². The van der Waals surface area contributed by atoms with Gasteiger partial charge >= 0.3 is 5.97 Å². The minimum Gasteiger partial charge on any atom is -0.493 e. The second-order valence-corrected chi connectivity index (χ2v) is 7.52. The molecule has 180 valence electrons. The number of ketones is 1. The Morgan fingerprint density at radius 3 is 2.34 bits per heavy atom. The fourth-order valence-electron chi connectivity index (χ4n) is 3.29. The van der Waals surface area contributed by atoms with Gasteiger partial charge in [0.2, 0.25) is 0 Å². The van der Waals surface area contributed by atoms with Crippen molar-refractivity contribution >= 4 is 23.5 Å². The number of nitrogens with zero attached hydrogens (tertiary/aromatic N) is 3. The third-order valence-corrected chi connectivity index (χ3v) is 5.16. The molecule has 0 aliphatic heterocycles. The van der Waals surface area contributed by atoms with Crippen molar-refractivity contribution in [3.8, 4) is 22.8 Å². The molecule has 0 bridgehead atoms. The van der Waals surface area contributed by atoms with Crippen LogP contribution in [0.25, 0.3) is 23.0 Å². The SMILES string of the molecule is C/C(=C/c1ccccc1)C(=O)O.CCC(=O)c1cc2nccc(-c3ccc(OC)c(OC)c3)n2n1. The van der Waals surface area contributed by atoms with Gasteiger partial charge in [-0.15, -0.1) is 0 Å². The molecule has 4 aromatic rings. The van der Waals surface area contributed by atoms with Crippen molar-refractivity contribution in [2.75, 3.05) is 14.2 Å². The van der Waals surface area contributed by atoms with Crippen LogP contribution in [-0.4, -0.2) is 45.7 Å². The van der Waals surface area contributed by atoms with Crippen LogP contribution in [0.5, 0.6) is 11.5 Å². The van der Waals surface area contributed by atoms with Crippen molar-refractivity contribution in [2.24, 2.45) is 0 Å². The van der Waals surface area contributed by atoms with Crippen LogP contribution in [0.15, 0.2) is 72.4 Å². The Balaban J connectivity index is 0.000000241. The average molecular weight is 474 g/mol. The van der Waals surface area contributed by atoms with Crippen molar-refractivity contribution < 1.29 is 24.2 Å². The number of hydrogen-bond donors (Lipinski definition) is 1. The van der Waals surface area contributed by atoms with E-state index in [1.165, 1.54) is 0 Å². The summed E-state index contributed by atoms with van der Waals surface area (Å²) >= 11 is 0. The molecule has 0 saturated carbocycles. The number of aliphatic carboxylic acids is 1. The van der Waals surface area contributed by atoms with Gasteiger partial charge in [0.15, 0.2) is 22.9 Å². The largest absolute Gasteiger partial charge is 0.493 e. The Morgan fingerprint density at radius 1 is 1.00 bits per heavy atom. The van der Waals surface area contributed by atoms with Crippen LogP contribution in [0.4, 0.5) is 0 Å². The highest BCUT2D eigenvalue weighted by molar-refractivity contribution is 5.95. The Labute approximate surface area is 203 Å². The van der Waals surface area contributed by atoms with Crippen LogP contribution in [0.2, 0.25) is 0 Å². The van der Waals surface area contributed by atoms with Gasteiger partial charge in [-0.2, -0.15) is 5.10 Å². The second kappa shape index (κ2) is 11.6. The maximum absolute atomic E-state index is 11.9. The van der Waals surface area contributed by atoms with Gasteiger partial charge in [-0.05, 0) is 42.8 Å². The average Bonchev–Trinajstić information content (AvgIpc) is 3.33. The summed E-state index contributed by atoms with van der Waals surface area (Å²) in [5, 5.41) is 13.0. The molecule has 0 radical (unpaired) electrons. The number of rotatable bonds is 7. The third kappa shape index (κ3) is 6.11. The number of carboxylic acids is 1. The lowest BCUT2D eigenvalue weighted by Gasteiger charge is -2.10. The molecule has 0 aliphatic rings. The summed E-state index contributed by atoms with van der Waals surface area (Å²) in [7, 11) is 3.19. The number of Topliss-reactive ketones (excluding diaryl/α,β-unsaturated/α-hetero) is 1. The molecule has 0 atom stereocenters. The van der Waals surface area contributed by atoms with Crippen LogP contribution >= 0.6 is 0 Å². The summed E-state index contributed by atoms with van der Waals surface area (Å²) in [6.07, 6.45) is 3.75. The number of hydrogen-bond acceptors (Lipinski definition) is 6. The van der Waals surface area contributed by atoms with E-state index in [-0.39, 0.29) is 5.78 Å². The molecule has 0 spiro atoms. The van der Waals surface area contributed by atoms with E-state index in [4.69, 9.17) is 14.6 Å². The summed E-state index contributed by atoms with van der Waals surface area (Å²) in [4.78, 5) is 26.6. The molecule has 35 heavy (non-hydrogen) atoms. The minimum atomic E-state index is -0.876. The number of carbonyl (C=O) groups is 2. The first-order valence-electron chi connectivity index (χ1n) is 10.9. The maximum Gasteiger partial charge on any atom is 0.331 e. The number of methoxy groups -OCH3 is 2. The van der Waals surface area contributed by atoms with Gasteiger partial charge in [0.1, 0.15) is 5.69 Å². The standard InChI is InChI=1S/C17H17N3O3.C10H10O2/c1-4-14(21)12-10-17-18-8-7-13(20(17)19-12)11-5-6-15(22-2)16(9-11)23-3;1-8(10(11)12)7-9-5-3-2-4-6-9/h5-10H,4H2,1-3H3;2-7H,1H3,(H,11,12)/b;8-7-. The zero-order valence-corrected chi connectivity index (χ0v) is 20.1. The molecule has 0 saturated heterocycles. The van der Waals surface area contributed by atoms with Gasteiger partial charge < -0.3 is 14.6 Å².